The minimum Gasteiger partial charge on any atom is -0.372 e. The highest BCUT2D eigenvalue weighted by Crippen LogP contribution is 2.06. The molecule has 1 N–H and O–H groups in total. The molecule has 0 atom stereocenters. The van der Waals surface area contributed by atoms with Crippen molar-refractivity contribution in [2.45, 2.75) is 0 Å². The van der Waals surface area contributed by atoms with Crippen molar-refractivity contribution >= 4 is 17.0 Å². The van der Waals surface area contributed by atoms with E-state index in [1.54, 1.807) is 19.4 Å². The number of hydrogen-bond donors (Lipinski definition) is 1. The largest absolute Gasteiger partial charge is 0.372 e. The summed E-state index contributed by atoms with van der Waals surface area (Å²) in [4.78, 5) is 16.1. The van der Waals surface area contributed by atoms with Crippen LogP contribution in [0.3, 0.4) is 0 Å². The normalized spacial score (nSPS) is 10.1. The molecule has 2 rings (SSSR count). The number of fused-ring (bicyclic) bond motifs is 1. The molecule has 2 heterocycles. The van der Waals surface area contributed by atoms with E-state index in [4.69, 9.17) is 0 Å². The van der Waals surface area contributed by atoms with Crippen LogP contribution < -0.4 is 5.32 Å². The number of anilines is 1. The lowest BCUT2D eigenvalue weighted by atomic mass is 10.5. The van der Waals surface area contributed by atoms with Crippen LogP contribution in [0.2, 0.25) is 0 Å². The van der Waals surface area contributed by atoms with Crippen molar-refractivity contribution in [2.24, 2.45) is 0 Å². The van der Waals surface area contributed by atoms with E-state index in [2.05, 4.69) is 25.3 Å². The van der Waals surface area contributed by atoms with Gasteiger partial charge in [-0.1, -0.05) is 0 Å². The second-order valence-corrected chi connectivity index (χ2v) is 2.24. The Kier molecular flexibility index (Phi) is 1.55. The van der Waals surface area contributed by atoms with Gasteiger partial charge in [-0.2, -0.15) is 0 Å². The highest BCUT2D eigenvalue weighted by Gasteiger charge is 1.97. The molecule has 0 radical (unpaired) electrons. The fourth-order valence-electron chi connectivity index (χ4n) is 0.887. The Hall–Kier alpha value is -1.78. The summed E-state index contributed by atoms with van der Waals surface area (Å²) in [5.41, 5.74) is 1.31. The Morgan fingerprint density at radius 1 is 1.25 bits per heavy atom. The lowest BCUT2D eigenvalue weighted by Crippen LogP contribution is -1.95. The van der Waals surface area contributed by atoms with Crippen LogP contribution in [0.15, 0.2) is 18.7 Å². The fraction of sp³-hybridized carbons (Fsp3) is 0.143. The third-order valence-corrected chi connectivity index (χ3v) is 1.48. The highest BCUT2D eigenvalue weighted by atomic mass is 15.0. The van der Waals surface area contributed by atoms with E-state index in [9.17, 15) is 0 Å². The lowest BCUT2D eigenvalue weighted by molar-refractivity contribution is 1.14. The van der Waals surface area contributed by atoms with Gasteiger partial charge in [-0.05, 0) is 0 Å². The Bertz CT molecular complexity index is 400. The van der Waals surface area contributed by atoms with Crippen molar-refractivity contribution < 1.29 is 0 Å². The predicted molar refractivity (Wildman–Crippen MR) is 44.7 cm³/mol. The molecule has 0 unspecified atom stereocenters. The maximum atomic E-state index is 4.17. The zero-order valence-electron chi connectivity index (χ0n) is 6.52. The number of nitrogens with one attached hydrogen (secondary N) is 1. The Morgan fingerprint density at radius 3 is 3.00 bits per heavy atom. The van der Waals surface area contributed by atoms with Gasteiger partial charge in [-0.15, -0.1) is 0 Å². The Morgan fingerprint density at radius 2 is 2.17 bits per heavy atom. The van der Waals surface area contributed by atoms with Crippen LogP contribution in [0.5, 0.6) is 0 Å². The molecule has 0 amide bonds. The van der Waals surface area contributed by atoms with Crippen LogP contribution in [0.25, 0.3) is 11.2 Å². The molecular formula is C7H7N5. The third kappa shape index (κ3) is 1.05. The molecule has 5 heteroatoms. The quantitative estimate of drug-likeness (QED) is 0.658. The molecule has 0 saturated carbocycles. The first-order chi connectivity index (χ1) is 5.90. The van der Waals surface area contributed by atoms with Crippen molar-refractivity contribution in [1.29, 1.82) is 0 Å². The van der Waals surface area contributed by atoms with Gasteiger partial charge < -0.3 is 5.32 Å². The van der Waals surface area contributed by atoms with Gasteiger partial charge in [0.25, 0.3) is 0 Å². The van der Waals surface area contributed by atoms with Gasteiger partial charge >= 0.3 is 0 Å². The molecule has 0 aliphatic rings. The summed E-state index contributed by atoms with van der Waals surface area (Å²) in [5.74, 6) is 0.709. The van der Waals surface area contributed by atoms with Crippen molar-refractivity contribution in [3.63, 3.8) is 0 Å². The molecule has 0 saturated heterocycles. The van der Waals surface area contributed by atoms with Crippen molar-refractivity contribution in [3.05, 3.63) is 18.7 Å². The van der Waals surface area contributed by atoms with Crippen LogP contribution in [0, 0.1) is 0 Å². The molecular weight excluding hydrogens is 154 g/mol. The average Bonchev–Trinajstić information content (AvgIpc) is 2.17. The SMILES string of the molecule is CNc1cnc2cncnc2n1. The number of hydrogen-bond acceptors (Lipinski definition) is 5. The van der Waals surface area contributed by atoms with Gasteiger partial charge in [-0.3, -0.25) is 0 Å². The molecule has 0 aliphatic heterocycles. The van der Waals surface area contributed by atoms with Gasteiger partial charge in [0.1, 0.15) is 17.7 Å². The summed E-state index contributed by atoms with van der Waals surface area (Å²) in [6, 6.07) is 0. The minimum absolute atomic E-state index is 0.608. The van der Waals surface area contributed by atoms with Crippen LogP contribution in [-0.4, -0.2) is 27.0 Å². The smallest absolute Gasteiger partial charge is 0.183 e. The number of rotatable bonds is 1. The molecule has 2 aromatic rings. The Balaban J connectivity index is 2.67. The Labute approximate surface area is 68.9 Å². The first-order valence-electron chi connectivity index (χ1n) is 3.50. The van der Waals surface area contributed by atoms with E-state index in [0.29, 0.717) is 17.0 Å². The second kappa shape index (κ2) is 2.69. The monoisotopic (exact) mass is 161 g/mol. The van der Waals surface area contributed by atoms with E-state index in [-0.39, 0.29) is 0 Å². The van der Waals surface area contributed by atoms with Gasteiger partial charge in [0.2, 0.25) is 0 Å². The van der Waals surface area contributed by atoms with Gasteiger partial charge in [0.15, 0.2) is 5.65 Å². The molecule has 0 fully saturated rings. The summed E-state index contributed by atoms with van der Waals surface area (Å²) in [6.45, 7) is 0. The molecule has 2 aromatic heterocycles. The minimum atomic E-state index is 0.608. The van der Waals surface area contributed by atoms with Crippen molar-refractivity contribution in [3.8, 4) is 0 Å². The summed E-state index contributed by atoms with van der Waals surface area (Å²) in [5, 5.41) is 2.89. The van der Waals surface area contributed by atoms with E-state index >= 15 is 0 Å². The lowest BCUT2D eigenvalue weighted by Gasteiger charge is -1.98. The van der Waals surface area contributed by atoms with E-state index in [1.165, 1.54) is 6.33 Å². The average molecular weight is 161 g/mol. The highest BCUT2D eigenvalue weighted by molar-refractivity contribution is 5.69. The maximum Gasteiger partial charge on any atom is 0.183 e. The van der Waals surface area contributed by atoms with E-state index in [0.717, 1.165) is 0 Å². The molecule has 60 valence electrons. The number of nitrogens with zero attached hydrogens (tertiary/aromatic N) is 4. The summed E-state index contributed by atoms with van der Waals surface area (Å²) in [6.07, 6.45) is 4.73. The van der Waals surface area contributed by atoms with Crippen molar-refractivity contribution in [1.82, 2.24) is 19.9 Å². The van der Waals surface area contributed by atoms with Crippen molar-refractivity contribution in [2.75, 3.05) is 12.4 Å². The standard InChI is InChI=1S/C7H7N5/c1-8-6-3-10-5-2-9-4-11-7(5)12-6/h2-4H,1H3,(H,8,9,11,12). The zero-order valence-corrected chi connectivity index (χ0v) is 6.52. The van der Waals surface area contributed by atoms with Gasteiger partial charge in [0.05, 0.1) is 12.4 Å². The van der Waals surface area contributed by atoms with Crippen LogP contribution in [-0.2, 0) is 0 Å². The third-order valence-electron chi connectivity index (χ3n) is 1.48. The first-order valence-corrected chi connectivity index (χ1v) is 3.50. The molecule has 0 spiro atoms. The molecule has 0 aliphatic carbocycles. The van der Waals surface area contributed by atoms with Crippen LogP contribution in [0.1, 0.15) is 0 Å². The molecule has 0 bridgehead atoms. The molecule has 12 heavy (non-hydrogen) atoms. The summed E-state index contributed by atoms with van der Waals surface area (Å²) in [7, 11) is 1.79. The summed E-state index contributed by atoms with van der Waals surface area (Å²) >= 11 is 0. The molecule has 5 nitrogen and oxygen atoms in total. The fourth-order valence-corrected chi connectivity index (χ4v) is 0.887. The van der Waals surface area contributed by atoms with Gasteiger partial charge in [0, 0.05) is 7.05 Å². The first kappa shape index (κ1) is 6.90. The van der Waals surface area contributed by atoms with Crippen LogP contribution >= 0.6 is 0 Å². The summed E-state index contributed by atoms with van der Waals surface area (Å²) < 4.78 is 0. The van der Waals surface area contributed by atoms with E-state index < -0.39 is 0 Å². The molecule has 0 aromatic carbocycles. The maximum absolute atomic E-state index is 4.17. The van der Waals surface area contributed by atoms with Gasteiger partial charge in [-0.25, -0.2) is 19.9 Å². The second-order valence-electron chi connectivity index (χ2n) is 2.24. The van der Waals surface area contributed by atoms with Crippen LogP contribution in [0.4, 0.5) is 5.82 Å². The predicted octanol–water partition coefficient (Wildman–Crippen LogP) is 0.461. The topological polar surface area (TPSA) is 63.6 Å². The van der Waals surface area contributed by atoms with E-state index in [1.807, 2.05) is 0 Å². The number of aromatic nitrogens is 4. The zero-order chi connectivity index (χ0) is 8.39.